The SMILES string of the molecule is c1ccc(N(c2ccccc2)c2ccc(-c3ccc4c(c3)C3CCC4O3)cc2)cc1. The molecule has 0 radical (unpaired) electrons. The van der Waals surface area contributed by atoms with Gasteiger partial charge >= 0.3 is 0 Å². The van der Waals surface area contributed by atoms with Crippen molar-refractivity contribution in [3.05, 3.63) is 114 Å². The zero-order valence-corrected chi connectivity index (χ0v) is 16.7. The lowest BCUT2D eigenvalue weighted by Crippen LogP contribution is -2.09. The number of fused-ring (bicyclic) bond motifs is 5. The van der Waals surface area contributed by atoms with Crippen LogP contribution in [0, 0.1) is 0 Å². The van der Waals surface area contributed by atoms with Crippen LogP contribution in [-0.4, -0.2) is 0 Å². The van der Waals surface area contributed by atoms with Gasteiger partial charge in [0.25, 0.3) is 0 Å². The molecule has 2 atom stereocenters. The van der Waals surface area contributed by atoms with Gasteiger partial charge in [0.15, 0.2) is 0 Å². The highest BCUT2D eigenvalue weighted by molar-refractivity contribution is 5.78. The number of benzene rings is 4. The third-order valence-corrected chi connectivity index (χ3v) is 6.29. The Balaban J connectivity index is 1.36. The third kappa shape index (κ3) is 2.92. The Bertz CT molecular complexity index is 1130. The van der Waals surface area contributed by atoms with Crippen LogP contribution >= 0.6 is 0 Å². The maximum atomic E-state index is 6.08. The van der Waals surface area contributed by atoms with Crippen molar-refractivity contribution >= 4 is 17.1 Å². The van der Waals surface area contributed by atoms with Crippen LogP contribution < -0.4 is 4.90 Å². The van der Waals surface area contributed by atoms with E-state index >= 15 is 0 Å². The maximum absolute atomic E-state index is 6.08. The predicted octanol–water partition coefficient (Wildman–Crippen LogP) is 7.73. The number of anilines is 3. The highest BCUT2D eigenvalue weighted by Gasteiger charge is 2.37. The van der Waals surface area contributed by atoms with Crippen LogP contribution in [0.4, 0.5) is 17.1 Å². The first-order valence-corrected chi connectivity index (χ1v) is 10.7. The molecule has 0 N–H and O–H groups in total. The van der Waals surface area contributed by atoms with Crippen LogP contribution in [0.3, 0.4) is 0 Å². The van der Waals surface area contributed by atoms with Gasteiger partial charge in [-0.2, -0.15) is 0 Å². The van der Waals surface area contributed by atoms with E-state index in [1.807, 2.05) is 0 Å². The van der Waals surface area contributed by atoms with Crippen molar-refractivity contribution in [3.63, 3.8) is 0 Å². The minimum Gasteiger partial charge on any atom is -0.366 e. The van der Waals surface area contributed by atoms with Gasteiger partial charge < -0.3 is 9.64 Å². The monoisotopic (exact) mass is 389 g/mol. The lowest BCUT2D eigenvalue weighted by Gasteiger charge is -2.25. The summed E-state index contributed by atoms with van der Waals surface area (Å²) in [7, 11) is 0. The molecule has 0 spiro atoms. The van der Waals surface area contributed by atoms with Gasteiger partial charge in [0.05, 0.1) is 12.2 Å². The second-order valence-corrected chi connectivity index (χ2v) is 8.09. The average Bonchev–Trinajstić information content (AvgIpc) is 3.44. The summed E-state index contributed by atoms with van der Waals surface area (Å²) in [6, 6.07) is 36.8. The molecule has 2 nitrogen and oxygen atoms in total. The van der Waals surface area contributed by atoms with Crippen molar-refractivity contribution in [1.29, 1.82) is 0 Å². The van der Waals surface area contributed by atoms with Gasteiger partial charge in [-0.3, -0.25) is 0 Å². The molecule has 2 bridgehead atoms. The summed E-state index contributed by atoms with van der Waals surface area (Å²) in [5.41, 5.74) is 8.76. The van der Waals surface area contributed by atoms with Crippen LogP contribution in [0.15, 0.2) is 103 Å². The molecule has 0 aliphatic carbocycles. The molecule has 2 aliphatic heterocycles. The van der Waals surface area contributed by atoms with Crippen LogP contribution in [-0.2, 0) is 4.74 Å². The van der Waals surface area contributed by atoms with Crippen molar-refractivity contribution in [2.45, 2.75) is 25.0 Å². The summed E-state index contributed by atoms with van der Waals surface area (Å²) in [6.07, 6.45) is 2.95. The van der Waals surface area contributed by atoms with Gasteiger partial charge in [-0.15, -0.1) is 0 Å². The molecule has 0 saturated carbocycles. The van der Waals surface area contributed by atoms with Crippen LogP contribution in [0.1, 0.15) is 36.2 Å². The topological polar surface area (TPSA) is 12.5 Å². The van der Waals surface area contributed by atoms with Crippen molar-refractivity contribution < 1.29 is 4.74 Å². The first-order valence-electron chi connectivity index (χ1n) is 10.7. The molecule has 2 heteroatoms. The molecule has 0 amide bonds. The average molecular weight is 389 g/mol. The van der Waals surface area contributed by atoms with Crippen molar-refractivity contribution in [3.8, 4) is 11.1 Å². The smallest absolute Gasteiger partial charge is 0.0838 e. The van der Waals surface area contributed by atoms with E-state index in [4.69, 9.17) is 4.74 Å². The first-order chi connectivity index (χ1) is 14.9. The summed E-state index contributed by atoms with van der Waals surface area (Å²) < 4.78 is 6.08. The first kappa shape index (κ1) is 17.5. The van der Waals surface area contributed by atoms with E-state index in [1.54, 1.807) is 0 Å². The van der Waals surface area contributed by atoms with E-state index in [1.165, 1.54) is 28.7 Å². The summed E-state index contributed by atoms with van der Waals surface area (Å²) in [6.45, 7) is 0. The van der Waals surface area contributed by atoms with Gasteiger partial charge in [-0.25, -0.2) is 0 Å². The molecule has 2 aliphatic rings. The highest BCUT2D eigenvalue weighted by atomic mass is 16.5. The van der Waals surface area contributed by atoms with E-state index < -0.39 is 0 Å². The van der Waals surface area contributed by atoms with Crippen molar-refractivity contribution in [1.82, 2.24) is 0 Å². The fourth-order valence-corrected chi connectivity index (χ4v) is 4.83. The number of hydrogen-bond acceptors (Lipinski definition) is 2. The zero-order valence-electron chi connectivity index (χ0n) is 16.7. The van der Waals surface area contributed by atoms with Gasteiger partial charge in [-0.1, -0.05) is 60.7 Å². The van der Waals surface area contributed by atoms with E-state index in [0.717, 1.165) is 23.5 Å². The number of para-hydroxylation sites is 2. The molecule has 30 heavy (non-hydrogen) atoms. The van der Waals surface area contributed by atoms with Crippen molar-refractivity contribution in [2.24, 2.45) is 0 Å². The summed E-state index contributed by atoms with van der Waals surface area (Å²) in [4.78, 5) is 2.29. The van der Waals surface area contributed by atoms with Crippen molar-refractivity contribution in [2.75, 3.05) is 4.90 Å². The van der Waals surface area contributed by atoms with Gasteiger partial charge in [0.1, 0.15) is 0 Å². The van der Waals surface area contributed by atoms with E-state index in [0.29, 0.717) is 12.2 Å². The number of ether oxygens (including phenoxy) is 1. The molecule has 2 unspecified atom stereocenters. The lowest BCUT2D eigenvalue weighted by atomic mass is 9.89. The summed E-state index contributed by atoms with van der Waals surface area (Å²) in [5.74, 6) is 0. The molecule has 146 valence electrons. The lowest BCUT2D eigenvalue weighted by molar-refractivity contribution is 0.0717. The normalized spacial score (nSPS) is 18.9. The Kier molecular flexibility index (Phi) is 4.17. The molecule has 4 aromatic rings. The Hall–Kier alpha value is -3.36. The zero-order chi connectivity index (χ0) is 19.9. The number of hydrogen-bond donors (Lipinski definition) is 0. The molecular formula is C28H23NO. The minimum atomic E-state index is 0.302. The molecule has 2 heterocycles. The molecule has 1 fully saturated rings. The molecule has 6 rings (SSSR count). The van der Waals surface area contributed by atoms with E-state index in [-0.39, 0.29) is 0 Å². The maximum Gasteiger partial charge on any atom is 0.0838 e. The molecule has 4 aromatic carbocycles. The number of nitrogens with zero attached hydrogens (tertiary/aromatic N) is 1. The van der Waals surface area contributed by atoms with Gasteiger partial charge in [-0.05, 0) is 77.6 Å². The summed E-state index contributed by atoms with van der Waals surface area (Å²) >= 11 is 0. The van der Waals surface area contributed by atoms with Gasteiger partial charge in [0, 0.05) is 17.1 Å². The molecule has 0 aromatic heterocycles. The fourth-order valence-electron chi connectivity index (χ4n) is 4.83. The Morgan fingerprint density at radius 2 is 1.07 bits per heavy atom. The van der Waals surface area contributed by atoms with Crippen LogP contribution in [0.5, 0.6) is 0 Å². The third-order valence-electron chi connectivity index (χ3n) is 6.29. The predicted molar refractivity (Wildman–Crippen MR) is 122 cm³/mol. The molecular weight excluding hydrogens is 366 g/mol. The second-order valence-electron chi connectivity index (χ2n) is 8.09. The fraction of sp³-hybridized carbons (Fsp3) is 0.143. The van der Waals surface area contributed by atoms with Gasteiger partial charge in [0.2, 0.25) is 0 Å². The minimum absolute atomic E-state index is 0.302. The Morgan fingerprint density at radius 3 is 1.70 bits per heavy atom. The van der Waals surface area contributed by atoms with E-state index in [2.05, 4.69) is 108 Å². The Labute approximate surface area is 177 Å². The van der Waals surface area contributed by atoms with Crippen LogP contribution in [0.25, 0.3) is 11.1 Å². The number of rotatable bonds is 4. The molecule has 1 saturated heterocycles. The Morgan fingerprint density at radius 1 is 0.533 bits per heavy atom. The highest BCUT2D eigenvalue weighted by Crippen LogP contribution is 2.51. The standard InChI is InChI=1S/C28H23NO/c1-3-7-22(8-4-1)29(23-9-5-2-6-10-23)24-14-11-20(12-15-24)21-13-16-25-26(19-21)28-18-17-27(25)30-28/h1-16,19,27-28H,17-18H2. The van der Waals surface area contributed by atoms with Crippen LogP contribution in [0.2, 0.25) is 0 Å². The summed E-state index contributed by atoms with van der Waals surface area (Å²) in [5, 5.41) is 0. The van der Waals surface area contributed by atoms with E-state index in [9.17, 15) is 0 Å². The quantitative estimate of drug-likeness (QED) is 0.354. The largest absolute Gasteiger partial charge is 0.366 e. The second kappa shape index (κ2) is 7.16.